The van der Waals surface area contributed by atoms with Gasteiger partial charge in [0, 0.05) is 18.9 Å². The van der Waals surface area contributed by atoms with E-state index in [0.717, 1.165) is 25.0 Å². The summed E-state index contributed by atoms with van der Waals surface area (Å²) in [5.74, 6) is 1.20. The van der Waals surface area contributed by atoms with Gasteiger partial charge in [0.2, 0.25) is 0 Å². The number of hydrogen-bond acceptors (Lipinski definition) is 4. The van der Waals surface area contributed by atoms with Crippen LogP contribution in [-0.2, 0) is 16.8 Å². The fourth-order valence-electron chi connectivity index (χ4n) is 1.53. The number of hydrogen-bond donors (Lipinski definition) is 1. The predicted molar refractivity (Wildman–Crippen MR) is 65.1 cm³/mol. The van der Waals surface area contributed by atoms with Gasteiger partial charge in [0.15, 0.2) is 5.82 Å². The number of rotatable bonds is 5. The van der Waals surface area contributed by atoms with Crippen molar-refractivity contribution in [2.24, 2.45) is 0 Å². The van der Waals surface area contributed by atoms with Crippen molar-refractivity contribution < 1.29 is 4.74 Å². The predicted octanol–water partition coefficient (Wildman–Crippen LogP) is 2.28. The third-order valence-electron chi connectivity index (χ3n) is 2.90. The normalized spacial score (nSPS) is 14.8. The molecule has 1 unspecified atom stereocenters. The Morgan fingerprint density at radius 1 is 1.38 bits per heavy atom. The van der Waals surface area contributed by atoms with Crippen molar-refractivity contribution in [3.05, 3.63) is 17.6 Å². The zero-order chi connectivity index (χ0) is 12.2. The molecule has 0 spiro atoms. The van der Waals surface area contributed by atoms with E-state index in [-0.39, 0.29) is 0 Å². The maximum Gasteiger partial charge on any atom is 0.162 e. The van der Waals surface area contributed by atoms with Gasteiger partial charge in [-0.25, -0.2) is 9.97 Å². The molecule has 0 aliphatic rings. The van der Waals surface area contributed by atoms with Crippen LogP contribution in [0.1, 0.15) is 45.1 Å². The molecule has 2 N–H and O–H groups in total. The maximum absolute atomic E-state index is 5.79. The average molecular weight is 223 g/mol. The molecule has 1 rings (SSSR count). The first-order valence-electron chi connectivity index (χ1n) is 5.74. The largest absolute Gasteiger partial charge is 0.384 e. The quantitative estimate of drug-likeness (QED) is 0.832. The lowest BCUT2D eigenvalue weighted by Gasteiger charge is -2.25. The van der Waals surface area contributed by atoms with Crippen LogP contribution in [0.25, 0.3) is 0 Å². The van der Waals surface area contributed by atoms with Crippen LogP contribution in [0.3, 0.4) is 0 Å². The second-order valence-corrected chi connectivity index (χ2v) is 4.15. The number of aromatic nitrogens is 2. The Balaban J connectivity index is 3.12. The van der Waals surface area contributed by atoms with Crippen molar-refractivity contribution >= 4 is 5.82 Å². The molecule has 0 aliphatic carbocycles. The van der Waals surface area contributed by atoms with Gasteiger partial charge >= 0.3 is 0 Å². The summed E-state index contributed by atoms with van der Waals surface area (Å²) in [4.78, 5) is 8.79. The molecule has 0 radical (unpaired) electrons. The highest BCUT2D eigenvalue weighted by atomic mass is 16.5. The third kappa shape index (κ3) is 2.70. The molecule has 1 aromatic rings. The molecule has 0 fully saturated rings. The highest BCUT2D eigenvalue weighted by Crippen LogP contribution is 2.26. The summed E-state index contributed by atoms with van der Waals surface area (Å²) in [6.07, 6.45) is 2.79. The number of nitrogens with zero attached hydrogens (tertiary/aromatic N) is 2. The average Bonchev–Trinajstić information content (AvgIpc) is 2.27. The van der Waals surface area contributed by atoms with Crippen LogP contribution in [0.5, 0.6) is 0 Å². The Bertz CT molecular complexity index is 348. The monoisotopic (exact) mass is 223 g/mol. The molecule has 0 aliphatic heterocycles. The number of ether oxygens (including phenoxy) is 1. The van der Waals surface area contributed by atoms with Crippen LogP contribution in [0.2, 0.25) is 0 Å². The topological polar surface area (TPSA) is 61.0 Å². The second kappa shape index (κ2) is 5.25. The summed E-state index contributed by atoms with van der Waals surface area (Å²) >= 11 is 0. The SMILES string of the molecule is CCCc1cc(N)nc(C(C)(CC)OC)n1. The lowest BCUT2D eigenvalue weighted by Crippen LogP contribution is -2.27. The van der Waals surface area contributed by atoms with Crippen molar-refractivity contribution in [3.8, 4) is 0 Å². The zero-order valence-corrected chi connectivity index (χ0v) is 10.6. The first-order chi connectivity index (χ1) is 7.55. The first-order valence-corrected chi connectivity index (χ1v) is 5.74. The number of nitrogen functional groups attached to an aromatic ring is 1. The van der Waals surface area contributed by atoms with E-state index in [0.29, 0.717) is 11.6 Å². The van der Waals surface area contributed by atoms with Crippen molar-refractivity contribution in [2.45, 2.75) is 45.6 Å². The summed E-state index contributed by atoms with van der Waals surface area (Å²) in [7, 11) is 1.68. The molecule has 4 heteroatoms. The van der Waals surface area contributed by atoms with E-state index >= 15 is 0 Å². The van der Waals surface area contributed by atoms with E-state index in [1.165, 1.54) is 0 Å². The van der Waals surface area contributed by atoms with Crippen LogP contribution in [-0.4, -0.2) is 17.1 Å². The number of nitrogens with two attached hydrogens (primary N) is 1. The molecule has 0 amide bonds. The van der Waals surface area contributed by atoms with Crippen molar-refractivity contribution in [1.82, 2.24) is 9.97 Å². The molecule has 16 heavy (non-hydrogen) atoms. The molecule has 1 aromatic heterocycles. The lowest BCUT2D eigenvalue weighted by molar-refractivity contribution is -0.00902. The van der Waals surface area contributed by atoms with E-state index in [1.807, 2.05) is 13.0 Å². The number of aryl methyl sites for hydroxylation is 1. The fraction of sp³-hybridized carbons (Fsp3) is 0.667. The minimum Gasteiger partial charge on any atom is -0.384 e. The van der Waals surface area contributed by atoms with Gasteiger partial charge in [-0.2, -0.15) is 0 Å². The second-order valence-electron chi connectivity index (χ2n) is 4.15. The van der Waals surface area contributed by atoms with Gasteiger partial charge in [-0.15, -0.1) is 0 Å². The van der Waals surface area contributed by atoms with Gasteiger partial charge in [-0.1, -0.05) is 20.3 Å². The molecule has 0 bridgehead atoms. The minimum absolute atomic E-state index is 0.447. The van der Waals surface area contributed by atoms with Crippen LogP contribution in [0, 0.1) is 0 Å². The van der Waals surface area contributed by atoms with Gasteiger partial charge < -0.3 is 10.5 Å². The number of anilines is 1. The van der Waals surface area contributed by atoms with Gasteiger partial charge in [-0.3, -0.25) is 0 Å². The Kier molecular flexibility index (Phi) is 4.24. The molecule has 1 heterocycles. The Morgan fingerprint density at radius 3 is 2.56 bits per heavy atom. The lowest BCUT2D eigenvalue weighted by atomic mass is 10.0. The van der Waals surface area contributed by atoms with E-state index < -0.39 is 5.60 Å². The van der Waals surface area contributed by atoms with E-state index in [9.17, 15) is 0 Å². The summed E-state index contributed by atoms with van der Waals surface area (Å²) in [6, 6.07) is 1.83. The van der Waals surface area contributed by atoms with Gasteiger partial charge in [0.1, 0.15) is 11.4 Å². The summed E-state index contributed by atoms with van der Waals surface area (Å²) in [6.45, 7) is 6.15. The Labute approximate surface area is 97.2 Å². The molecule has 1 atom stereocenters. The molecule has 0 saturated heterocycles. The number of methoxy groups -OCH3 is 1. The van der Waals surface area contributed by atoms with Gasteiger partial charge in [-0.05, 0) is 19.8 Å². The minimum atomic E-state index is -0.447. The molecule has 90 valence electrons. The van der Waals surface area contributed by atoms with Crippen molar-refractivity contribution in [2.75, 3.05) is 12.8 Å². The highest BCUT2D eigenvalue weighted by molar-refractivity contribution is 5.31. The standard InChI is InChI=1S/C12H21N3O/c1-5-7-9-8-10(13)15-11(14-9)12(3,6-2)16-4/h8H,5-7H2,1-4H3,(H2,13,14,15). The fourth-order valence-corrected chi connectivity index (χ4v) is 1.53. The van der Waals surface area contributed by atoms with Gasteiger partial charge in [0.05, 0.1) is 0 Å². The van der Waals surface area contributed by atoms with Crippen molar-refractivity contribution in [1.29, 1.82) is 0 Å². The smallest absolute Gasteiger partial charge is 0.162 e. The van der Waals surface area contributed by atoms with Crippen LogP contribution >= 0.6 is 0 Å². The van der Waals surface area contributed by atoms with Gasteiger partial charge in [0.25, 0.3) is 0 Å². The highest BCUT2D eigenvalue weighted by Gasteiger charge is 2.27. The molecule has 0 aromatic carbocycles. The van der Waals surface area contributed by atoms with E-state index in [1.54, 1.807) is 7.11 Å². The Morgan fingerprint density at radius 2 is 2.06 bits per heavy atom. The van der Waals surface area contributed by atoms with Crippen molar-refractivity contribution in [3.63, 3.8) is 0 Å². The van der Waals surface area contributed by atoms with Crippen LogP contribution in [0.15, 0.2) is 6.07 Å². The third-order valence-corrected chi connectivity index (χ3v) is 2.90. The maximum atomic E-state index is 5.79. The molecule has 0 saturated carbocycles. The summed E-state index contributed by atoms with van der Waals surface area (Å²) < 4.78 is 5.48. The Hall–Kier alpha value is -1.16. The van der Waals surface area contributed by atoms with Crippen LogP contribution < -0.4 is 5.73 Å². The van der Waals surface area contributed by atoms with E-state index in [4.69, 9.17) is 10.5 Å². The first kappa shape index (κ1) is 12.9. The van der Waals surface area contributed by atoms with E-state index in [2.05, 4.69) is 23.8 Å². The van der Waals surface area contributed by atoms with Crippen LogP contribution in [0.4, 0.5) is 5.82 Å². The molecular weight excluding hydrogens is 202 g/mol. The molecule has 4 nitrogen and oxygen atoms in total. The summed E-state index contributed by atoms with van der Waals surface area (Å²) in [5.41, 5.74) is 6.33. The zero-order valence-electron chi connectivity index (χ0n) is 10.6. The summed E-state index contributed by atoms with van der Waals surface area (Å²) in [5, 5.41) is 0. The molecular formula is C12H21N3O.